The smallest absolute Gasteiger partial charge is 0.0366 e. The van der Waals surface area contributed by atoms with Crippen LogP contribution in [0.5, 0.6) is 0 Å². The Kier molecular flexibility index (Phi) is 15.3. The van der Waals surface area contributed by atoms with E-state index in [-0.39, 0.29) is 0 Å². The standard InChI is InChI=1S/C37H53N/c1-7-10-13-15-16-19-28-38(27-18-14-11-8-2)36-24-22-34(23-25-36)35-29-32(5)37(33(6)30-35)26-21-31(4)20-17-12-9-3/h3,12,17,20,22-25,29-30H,7-8,10-11,13-16,18-19,21,26-28H2,1-2,4-6H3/b17-12-,31-20-. The van der Waals surface area contributed by atoms with Crippen molar-refractivity contribution in [2.24, 2.45) is 0 Å². The van der Waals surface area contributed by atoms with Gasteiger partial charge in [0.1, 0.15) is 0 Å². The predicted octanol–water partition coefficient (Wildman–Crippen LogP) is 10.8. The van der Waals surface area contributed by atoms with Gasteiger partial charge in [-0.1, -0.05) is 113 Å². The molecule has 2 aromatic rings. The van der Waals surface area contributed by atoms with Crippen LogP contribution in [0.1, 0.15) is 108 Å². The van der Waals surface area contributed by atoms with Gasteiger partial charge in [0.25, 0.3) is 0 Å². The third kappa shape index (κ3) is 11.3. The molecule has 0 N–H and O–H groups in total. The SMILES string of the molecule is C#C/C=C\C=C(\C)CCc1c(C)cc(-c2ccc(N(CCCCCC)CCCCCCCC)cc2)cc1C. The number of nitrogens with zero attached hydrogens (tertiary/aromatic N) is 1. The summed E-state index contributed by atoms with van der Waals surface area (Å²) in [5.41, 5.74) is 9.61. The van der Waals surface area contributed by atoms with Crippen molar-refractivity contribution in [3.05, 3.63) is 76.9 Å². The van der Waals surface area contributed by atoms with Crippen LogP contribution >= 0.6 is 0 Å². The fraction of sp³-hybridized carbons (Fsp3) is 0.514. The number of unbranched alkanes of at least 4 members (excludes halogenated alkanes) is 8. The van der Waals surface area contributed by atoms with E-state index in [0.717, 1.165) is 12.8 Å². The Balaban J connectivity index is 2.08. The molecule has 0 amide bonds. The lowest BCUT2D eigenvalue weighted by Crippen LogP contribution is -2.25. The Hall–Kier alpha value is -2.72. The summed E-state index contributed by atoms with van der Waals surface area (Å²) in [6.07, 6.45) is 26.6. The molecule has 1 nitrogen and oxygen atoms in total. The number of rotatable bonds is 18. The molecule has 0 heterocycles. The van der Waals surface area contributed by atoms with Gasteiger partial charge in [-0.25, -0.2) is 0 Å². The number of hydrogen-bond acceptors (Lipinski definition) is 1. The zero-order chi connectivity index (χ0) is 27.6. The normalized spacial score (nSPS) is 11.7. The molecule has 0 saturated heterocycles. The summed E-state index contributed by atoms with van der Waals surface area (Å²) < 4.78 is 0. The number of anilines is 1. The van der Waals surface area contributed by atoms with Crippen LogP contribution in [0.3, 0.4) is 0 Å². The number of hydrogen-bond donors (Lipinski definition) is 0. The number of terminal acetylenes is 1. The molecule has 2 rings (SSSR count). The monoisotopic (exact) mass is 511 g/mol. The van der Waals surface area contributed by atoms with Crippen molar-refractivity contribution in [1.82, 2.24) is 0 Å². The van der Waals surface area contributed by atoms with Gasteiger partial charge in [0.2, 0.25) is 0 Å². The van der Waals surface area contributed by atoms with Gasteiger partial charge in [-0.05, 0) is 92.5 Å². The molecule has 0 bridgehead atoms. The first kappa shape index (κ1) is 31.5. The van der Waals surface area contributed by atoms with E-state index in [1.807, 2.05) is 6.08 Å². The molecule has 2 aromatic carbocycles. The fourth-order valence-corrected chi connectivity index (χ4v) is 5.27. The molecule has 206 valence electrons. The minimum Gasteiger partial charge on any atom is -0.372 e. The second kappa shape index (κ2) is 18.5. The zero-order valence-corrected chi connectivity index (χ0v) is 25.1. The topological polar surface area (TPSA) is 3.24 Å². The summed E-state index contributed by atoms with van der Waals surface area (Å²) in [6.45, 7) is 13.6. The van der Waals surface area contributed by atoms with Gasteiger partial charge in [0, 0.05) is 18.8 Å². The van der Waals surface area contributed by atoms with E-state index in [9.17, 15) is 0 Å². The number of allylic oxidation sites excluding steroid dienone is 4. The third-order valence-corrected chi connectivity index (χ3v) is 7.67. The first-order valence-corrected chi connectivity index (χ1v) is 15.2. The van der Waals surface area contributed by atoms with Gasteiger partial charge < -0.3 is 4.90 Å². The molecule has 0 saturated carbocycles. The maximum Gasteiger partial charge on any atom is 0.0366 e. The first-order chi connectivity index (χ1) is 18.5. The maximum atomic E-state index is 5.30. The summed E-state index contributed by atoms with van der Waals surface area (Å²) in [6, 6.07) is 14.1. The van der Waals surface area contributed by atoms with Gasteiger partial charge in [-0.15, -0.1) is 6.42 Å². The van der Waals surface area contributed by atoms with Crippen LogP contribution in [-0.2, 0) is 6.42 Å². The van der Waals surface area contributed by atoms with E-state index in [1.165, 1.54) is 116 Å². The second-order valence-corrected chi connectivity index (χ2v) is 11.0. The summed E-state index contributed by atoms with van der Waals surface area (Å²) in [5, 5.41) is 0. The lowest BCUT2D eigenvalue weighted by molar-refractivity contribution is 0.585. The largest absolute Gasteiger partial charge is 0.372 e. The highest BCUT2D eigenvalue weighted by Gasteiger charge is 2.10. The molecule has 0 atom stereocenters. The molecule has 0 aliphatic rings. The second-order valence-electron chi connectivity index (χ2n) is 11.0. The Morgan fingerprint density at radius 2 is 1.34 bits per heavy atom. The van der Waals surface area contributed by atoms with E-state index in [2.05, 4.69) is 87.9 Å². The molecule has 0 fully saturated rings. The van der Waals surface area contributed by atoms with E-state index in [0.29, 0.717) is 0 Å². The average Bonchev–Trinajstić information content (AvgIpc) is 2.91. The van der Waals surface area contributed by atoms with Gasteiger partial charge in [0.15, 0.2) is 0 Å². The van der Waals surface area contributed by atoms with Crippen LogP contribution in [0.4, 0.5) is 5.69 Å². The molecule has 0 aromatic heterocycles. The number of aryl methyl sites for hydroxylation is 2. The van der Waals surface area contributed by atoms with E-state index >= 15 is 0 Å². The molecule has 38 heavy (non-hydrogen) atoms. The average molecular weight is 512 g/mol. The molecule has 0 aliphatic carbocycles. The lowest BCUT2D eigenvalue weighted by Gasteiger charge is -2.25. The minimum atomic E-state index is 1.05. The van der Waals surface area contributed by atoms with Crippen molar-refractivity contribution in [3.63, 3.8) is 0 Å². The highest BCUT2D eigenvalue weighted by Crippen LogP contribution is 2.29. The van der Waals surface area contributed by atoms with Crippen LogP contribution in [0.2, 0.25) is 0 Å². The van der Waals surface area contributed by atoms with Crippen LogP contribution in [-0.4, -0.2) is 13.1 Å². The van der Waals surface area contributed by atoms with E-state index < -0.39 is 0 Å². The molecule has 0 aliphatic heterocycles. The Morgan fingerprint density at radius 3 is 1.92 bits per heavy atom. The van der Waals surface area contributed by atoms with Crippen molar-refractivity contribution in [1.29, 1.82) is 0 Å². The predicted molar refractivity (Wildman–Crippen MR) is 171 cm³/mol. The minimum absolute atomic E-state index is 1.05. The Morgan fingerprint density at radius 1 is 0.789 bits per heavy atom. The van der Waals surface area contributed by atoms with Crippen molar-refractivity contribution in [3.8, 4) is 23.5 Å². The Bertz CT molecular complexity index is 1010. The first-order valence-electron chi connectivity index (χ1n) is 15.2. The van der Waals surface area contributed by atoms with Crippen LogP contribution in [0.15, 0.2) is 60.2 Å². The van der Waals surface area contributed by atoms with Crippen molar-refractivity contribution < 1.29 is 0 Å². The Labute approximate surface area is 235 Å². The van der Waals surface area contributed by atoms with Crippen LogP contribution < -0.4 is 4.90 Å². The maximum absolute atomic E-state index is 5.30. The van der Waals surface area contributed by atoms with Gasteiger partial charge in [0.05, 0.1) is 0 Å². The van der Waals surface area contributed by atoms with Crippen LogP contribution in [0.25, 0.3) is 11.1 Å². The van der Waals surface area contributed by atoms with E-state index in [4.69, 9.17) is 6.42 Å². The molecule has 1 heteroatoms. The summed E-state index contributed by atoms with van der Waals surface area (Å²) >= 11 is 0. The highest BCUT2D eigenvalue weighted by atomic mass is 15.1. The molecule has 0 unspecified atom stereocenters. The van der Waals surface area contributed by atoms with Crippen molar-refractivity contribution in [2.75, 3.05) is 18.0 Å². The molecule has 0 spiro atoms. The van der Waals surface area contributed by atoms with E-state index in [1.54, 1.807) is 6.08 Å². The molecular weight excluding hydrogens is 458 g/mol. The van der Waals surface area contributed by atoms with Crippen LogP contribution in [0, 0.1) is 26.2 Å². The summed E-state index contributed by atoms with van der Waals surface area (Å²) in [4.78, 5) is 2.63. The molecular formula is C37H53N. The quantitative estimate of drug-likeness (QED) is 0.109. The highest BCUT2D eigenvalue weighted by molar-refractivity contribution is 5.68. The third-order valence-electron chi connectivity index (χ3n) is 7.67. The van der Waals surface area contributed by atoms with Gasteiger partial charge >= 0.3 is 0 Å². The zero-order valence-electron chi connectivity index (χ0n) is 25.1. The molecule has 0 radical (unpaired) electrons. The van der Waals surface area contributed by atoms with Crippen molar-refractivity contribution in [2.45, 2.75) is 112 Å². The van der Waals surface area contributed by atoms with Gasteiger partial charge in [-0.3, -0.25) is 0 Å². The lowest BCUT2D eigenvalue weighted by atomic mass is 9.92. The van der Waals surface area contributed by atoms with Gasteiger partial charge in [-0.2, -0.15) is 0 Å². The summed E-state index contributed by atoms with van der Waals surface area (Å²) in [7, 11) is 0. The van der Waals surface area contributed by atoms with Crippen molar-refractivity contribution >= 4 is 5.69 Å². The fourth-order valence-electron chi connectivity index (χ4n) is 5.27. The summed E-state index contributed by atoms with van der Waals surface area (Å²) in [5.74, 6) is 2.55. The number of benzene rings is 2.